The molecule has 0 saturated carbocycles. The lowest BCUT2D eigenvalue weighted by Crippen LogP contribution is -2.29. The van der Waals surface area contributed by atoms with Gasteiger partial charge in [-0.25, -0.2) is 8.42 Å². The lowest BCUT2D eigenvalue weighted by molar-refractivity contribution is 0.451. The van der Waals surface area contributed by atoms with Crippen LogP contribution in [0.5, 0.6) is 0 Å². The molecule has 0 spiro atoms. The second-order valence-electron chi connectivity index (χ2n) is 5.30. The summed E-state index contributed by atoms with van der Waals surface area (Å²) in [5.74, 6) is 1.40. The zero-order valence-corrected chi connectivity index (χ0v) is 12.6. The number of hydrogen-bond acceptors (Lipinski definition) is 6. The van der Waals surface area contributed by atoms with Gasteiger partial charge in [-0.05, 0) is 25.0 Å². The summed E-state index contributed by atoms with van der Waals surface area (Å²) in [5, 5.41) is 11.2. The average Bonchev–Trinajstić information content (AvgIpc) is 3.03. The Labute approximate surface area is 123 Å². The third-order valence-electron chi connectivity index (χ3n) is 3.62. The summed E-state index contributed by atoms with van der Waals surface area (Å²) in [5.41, 5.74) is 1.99. The van der Waals surface area contributed by atoms with Gasteiger partial charge in [0, 0.05) is 11.6 Å². The van der Waals surface area contributed by atoms with Gasteiger partial charge in [0.1, 0.15) is 0 Å². The first-order valence-corrected chi connectivity index (χ1v) is 8.68. The second kappa shape index (κ2) is 5.57. The fourth-order valence-corrected chi connectivity index (χ4v) is 4.14. The van der Waals surface area contributed by atoms with E-state index >= 15 is 0 Å². The SMILES string of the molecule is Cc1ccccc1-c1nnc(CNC2CCS(=O)(=O)C2)o1. The summed E-state index contributed by atoms with van der Waals surface area (Å²) < 4.78 is 28.4. The minimum atomic E-state index is -2.87. The molecular formula is C14H17N3O3S. The van der Waals surface area contributed by atoms with Gasteiger partial charge in [0.2, 0.25) is 11.8 Å². The Bertz CT molecular complexity index is 739. The number of hydrogen-bond donors (Lipinski definition) is 1. The van der Waals surface area contributed by atoms with Crippen LogP contribution in [0.25, 0.3) is 11.5 Å². The molecule has 0 amide bonds. The number of sulfone groups is 1. The van der Waals surface area contributed by atoms with Crippen molar-refractivity contribution in [3.8, 4) is 11.5 Å². The van der Waals surface area contributed by atoms with Crippen molar-refractivity contribution in [2.24, 2.45) is 0 Å². The van der Waals surface area contributed by atoms with Crippen molar-refractivity contribution >= 4 is 9.84 Å². The van der Waals surface area contributed by atoms with E-state index in [1.54, 1.807) is 0 Å². The zero-order valence-electron chi connectivity index (χ0n) is 11.7. The molecule has 1 N–H and O–H groups in total. The van der Waals surface area contributed by atoms with E-state index in [9.17, 15) is 8.42 Å². The first-order chi connectivity index (χ1) is 10.0. The Morgan fingerprint density at radius 1 is 1.33 bits per heavy atom. The predicted octanol–water partition coefficient (Wildman–Crippen LogP) is 1.32. The average molecular weight is 307 g/mol. The molecular weight excluding hydrogens is 290 g/mol. The molecule has 1 aliphatic heterocycles. The molecule has 112 valence electrons. The fourth-order valence-electron chi connectivity index (χ4n) is 2.43. The van der Waals surface area contributed by atoms with E-state index in [0.29, 0.717) is 24.7 Å². The largest absolute Gasteiger partial charge is 0.419 e. The molecule has 1 atom stereocenters. The highest BCUT2D eigenvalue weighted by Gasteiger charge is 2.27. The van der Waals surface area contributed by atoms with Gasteiger partial charge in [0.15, 0.2) is 9.84 Å². The molecule has 6 nitrogen and oxygen atoms in total. The molecule has 2 aromatic rings. The van der Waals surface area contributed by atoms with E-state index in [-0.39, 0.29) is 17.5 Å². The van der Waals surface area contributed by atoms with E-state index in [1.165, 1.54) is 0 Å². The third-order valence-corrected chi connectivity index (χ3v) is 5.38. The van der Waals surface area contributed by atoms with Crippen molar-refractivity contribution < 1.29 is 12.8 Å². The standard InChI is InChI=1S/C14H17N3O3S/c1-10-4-2-3-5-12(10)14-17-16-13(20-14)8-15-11-6-7-21(18,19)9-11/h2-5,11,15H,6-9H2,1H3. The predicted molar refractivity (Wildman–Crippen MR) is 78.4 cm³/mol. The summed E-state index contributed by atoms with van der Waals surface area (Å²) in [7, 11) is -2.87. The Balaban J connectivity index is 1.65. The molecule has 1 unspecified atom stereocenters. The Morgan fingerprint density at radius 2 is 2.14 bits per heavy atom. The van der Waals surface area contributed by atoms with E-state index in [4.69, 9.17) is 4.42 Å². The van der Waals surface area contributed by atoms with Crippen LogP contribution in [0.2, 0.25) is 0 Å². The third kappa shape index (κ3) is 3.30. The van der Waals surface area contributed by atoms with E-state index < -0.39 is 9.84 Å². The number of aryl methyl sites for hydroxylation is 1. The molecule has 0 radical (unpaired) electrons. The van der Waals surface area contributed by atoms with Gasteiger partial charge in [0.05, 0.1) is 18.1 Å². The molecule has 1 aromatic heterocycles. The summed E-state index contributed by atoms with van der Waals surface area (Å²) >= 11 is 0. The van der Waals surface area contributed by atoms with Crippen molar-refractivity contribution in [3.05, 3.63) is 35.7 Å². The van der Waals surface area contributed by atoms with Crippen LogP contribution in [0, 0.1) is 6.92 Å². The fraction of sp³-hybridized carbons (Fsp3) is 0.429. The van der Waals surface area contributed by atoms with Gasteiger partial charge in [-0.1, -0.05) is 18.2 Å². The molecule has 0 bridgehead atoms. The van der Waals surface area contributed by atoms with Crippen LogP contribution >= 0.6 is 0 Å². The highest BCUT2D eigenvalue weighted by Crippen LogP contribution is 2.21. The second-order valence-corrected chi connectivity index (χ2v) is 7.53. The van der Waals surface area contributed by atoms with E-state index in [0.717, 1.165) is 11.1 Å². The summed E-state index contributed by atoms with van der Waals surface area (Å²) in [6.45, 7) is 2.37. The van der Waals surface area contributed by atoms with Crippen molar-refractivity contribution in [2.75, 3.05) is 11.5 Å². The van der Waals surface area contributed by atoms with Crippen LogP contribution in [0.4, 0.5) is 0 Å². The maximum absolute atomic E-state index is 11.4. The highest BCUT2D eigenvalue weighted by atomic mass is 32.2. The molecule has 1 aromatic carbocycles. The van der Waals surface area contributed by atoms with Crippen LogP contribution in [-0.2, 0) is 16.4 Å². The van der Waals surface area contributed by atoms with Crippen molar-refractivity contribution in [2.45, 2.75) is 25.9 Å². The summed E-state index contributed by atoms with van der Waals surface area (Å²) in [6, 6.07) is 7.78. The normalized spacial score (nSPS) is 20.7. The number of rotatable bonds is 4. The Kier molecular flexibility index (Phi) is 3.77. The topological polar surface area (TPSA) is 85.1 Å². The Hall–Kier alpha value is -1.73. The van der Waals surface area contributed by atoms with Gasteiger partial charge in [0.25, 0.3) is 0 Å². The van der Waals surface area contributed by atoms with Crippen molar-refractivity contribution in [3.63, 3.8) is 0 Å². The first-order valence-electron chi connectivity index (χ1n) is 6.86. The number of aromatic nitrogens is 2. The highest BCUT2D eigenvalue weighted by molar-refractivity contribution is 7.91. The van der Waals surface area contributed by atoms with Crippen molar-refractivity contribution in [1.29, 1.82) is 0 Å². The number of nitrogens with zero attached hydrogens (tertiary/aromatic N) is 2. The monoisotopic (exact) mass is 307 g/mol. The molecule has 21 heavy (non-hydrogen) atoms. The molecule has 1 saturated heterocycles. The van der Waals surface area contributed by atoms with Gasteiger partial charge in [-0.3, -0.25) is 0 Å². The molecule has 7 heteroatoms. The minimum Gasteiger partial charge on any atom is -0.419 e. The van der Waals surface area contributed by atoms with Gasteiger partial charge in [-0.15, -0.1) is 10.2 Å². The van der Waals surface area contributed by atoms with Crippen LogP contribution in [-0.4, -0.2) is 36.2 Å². The summed E-state index contributed by atoms with van der Waals surface area (Å²) in [6.07, 6.45) is 0.640. The number of nitrogens with one attached hydrogen (secondary N) is 1. The summed E-state index contributed by atoms with van der Waals surface area (Å²) in [4.78, 5) is 0. The maximum Gasteiger partial charge on any atom is 0.248 e. The quantitative estimate of drug-likeness (QED) is 0.917. The minimum absolute atomic E-state index is 0.0242. The lowest BCUT2D eigenvalue weighted by atomic mass is 10.1. The van der Waals surface area contributed by atoms with Gasteiger partial charge in [-0.2, -0.15) is 0 Å². The number of benzene rings is 1. The van der Waals surface area contributed by atoms with Crippen LogP contribution in [0.3, 0.4) is 0 Å². The molecule has 0 aliphatic carbocycles. The molecule has 3 rings (SSSR count). The van der Waals surface area contributed by atoms with Crippen LogP contribution < -0.4 is 5.32 Å². The molecule has 1 fully saturated rings. The first kappa shape index (κ1) is 14.2. The molecule has 2 heterocycles. The van der Waals surface area contributed by atoms with E-state index in [1.807, 2.05) is 31.2 Å². The van der Waals surface area contributed by atoms with Crippen molar-refractivity contribution in [1.82, 2.24) is 15.5 Å². The zero-order chi connectivity index (χ0) is 14.9. The smallest absolute Gasteiger partial charge is 0.248 e. The van der Waals surface area contributed by atoms with Crippen LogP contribution in [0.1, 0.15) is 17.9 Å². The lowest BCUT2D eigenvalue weighted by Gasteiger charge is -2.07. The molecule has 1 aliphatic rings. The maximum atomic E-state index is 11.4. The van der Waals surface area contributed by atoms with Gasteiger partial charge >= 0.3 is 0 Å². The van der Waals surface area contributed by atoms with Crippen LogP contribution in [0.15, 0.2) is 28.7 Å². The van der Waals surface area contributed by atoms with E-state index in [2.05, 4.69) is 15.5 Å². The van der Waals surface area contributed by atoms with Gasteiger partial charge < -0.3 is 9.73 Å². The Morgan fingerprint density at radius 3 is 2.86 bits per heavy atom.